The summed E-state index contributed by atoms with van der Waals surface area (Å²) >= 11 is 0. The first-order chi connectivity index (χ1) is 10.3. The molecule has 0 saturated heterocycles. The van der Waals surface area contributed by atoms with Gasteiger partial charge in [0.1, 0.15) is 5.60 Å². The summed E-state index contributed by atoms with van der Waals surface area (Å²) < 4.78 is 42.5. The zero-order chi connectivity index (χ0) is 18.1. The maximum Gasteiger partial charge on any atom is 0.416 e. The van der Waals surface area contributed by atoms with Gasteiger partial charge in [0, 0.05) is 6.42 Å². The summed E-state index contributed by atoms with van der Waals surface area (Å²) in [5.74, 6) is -2.77. The Hall–Kier alpha value is -2.09. The lowest BCUT2D eigenvalue weighted by Gasteiger charge is -2.28. The van der Waals surface area contributed by atoms with Gasteiger partial charge in [0.05, 0.1) is 5.56 Å². The lowest BCUT2D eigenvalue weighted by Crippen LogP contribution is -2.58. The van der Waals surface area contributed by atoms with E-state index in [2.05, 4.69) is 0 Å². The Labute approximate surface area is 131 Å². The van der Waals surface area contributed by atoms with Crippen molar-refractivity contribution in [3.05, 3.63) is 35.4 Å². The Balaban J connectivity index is 3.04. The number of carboxylic acid groups (broad SMARTS) is 1. The lowest BCUT2D eigenvalue weighted by molar-refractivity contribution is -0.169. The van der Waals surface area contributed by atoms with Gasteiger partial charge in [-0.25, -0.2) is 9.59 Å². The second-order valence-electron chi connectivity index (χ2n) is 6.15. The fourth-order valence-electron chi connectivity index (χ4n) is 1.74. The van der Waals surface area contributed by atoms with E-state index in [1.54, 1.807) is 20.8 Å². The van der Waals surface area contributed by atoms with E-state index in [0.29, 0.717) is 0 Å². The van der Waals surface area contributed by atoms with Crippen molar-refractivity contribution in [1.29, 1.82) is 0 Å². The fourth-order valence-corrected chi connectivity index (χ4v) is 1.74. The van der Waals surface area contributed by atoms with Crippen LogP contribution in [0, 0.1) is 0 Å². The zero-order valence-corrected chi connectivity index (χ0v) is 12.9. The molecule has 0 aromatic heterocycles. The van der Waals surface area contributed by atoms with Crippen LogP contribution in [-0.4, -0.2) is 28.2 Å². The highest BCUT2D eigenvalue weighted by Crippen LogP contribution is 2.29. The molecular weight excluding hydrogens is 315 g/mol. The van der Waals surface area contributed by atoms with Crippen molar-refractivity contribution in [2.45, 2.75) is 44.5 Å². The lowest BCUT2D eigenvalue weighted by atomic mass is 9.91. The van der Waals surface area contributed by atoms with Crippen LogP contribution in [-0.2, 0) is 26.9 Å². The summed E-state index contributed by atoms with van der Waals surface area (Å²) in [7, 11) is 0. The van der Waals surface area contributed by atoms with E-state index in [1.807, 2.05) is 0 Å². The number of esters is 1. The number of hydrogen-bond donors (Lipinski definition) is 2. The number of ether oxygens (including phenoxy) is 1. The zero-order valence-electron chi connectivity index (χ0n) is 12.9. The number of rotatable bonds is 4. The van der Waals surface area contributed by atoms with Crippen LogP contribution in [0.4, 0.5) is 13.2 Å². The minimum atomic E-state index is -4.50. The standard InChI is InChI=1S/C15H18F3NO4/c1-13(2,3)23-12(22)14(19,11(20)21)8-9-4-6-10(7-5-9)15(16,17)18/h4-7H,8,19H2,1-3H3,(H,20,21)/t14-/m1/s1. The van der Waals surface area contributed by atoms with Gasteiger partial charge in [0.25, 0.3) is 0 Å². The predicted octanol–water partition coefficient (Wildman–Crippen LogP) is 2.37. The van der Waals surface area contributed by atoms with Crippen molar-refractivity contribution in [2.24, 2.45) is 5.73 Å². The van der Waals surface area contributed by atoms with Gasteiger partial charge in [-0.1, -0.05) is 12.1 Å². The van der Waals surface area contributed by atoms with Gasteiger partial charge in [-0.05, 0) is 38.5 Å². The average Bonchev–Trinajstić information content (AvgIpc) is 2.35. The minimum absolute atomic E-state index is 0.175. The molecule has 0 unspecified atom stereocenters. The molecule has 23 heavy (non-hydrogen) atoms. The largest absolute Gasteiger partial charge is 0.479 e. The molecule has 0 aliphatic rings. The Morgan fingerprint density at radius 3 is 1.96 bits per heavy atom. The fraction of sp³-hybridized carbons (Fsp3) is 0.467. The molecule has 1 aromatic carbocycles. The average molecular weight is 333 g/mol. The van der Waals surface area contributed by atoms with E-state index in [1.165, 1.54) is 0 Å². The molecule has 0 heterocycles. The van der Waals surface area contributed by atoms with Crippen molar-refractivity contribution < 1.29 is 32.6 Å². The SMILES string of the molecule is CC(C)(C)OC(=O)[C@@](N)(Cc1ccc(C(F)(F)F)cc1)C(=O)O. The normalized spacial score (nSPS) is 14.9. The maximum absolute atomic E-state index is 12.5. The summed E-state index contributed by atoms with van der Waals surface area (Å²) in [5.41, 5.74) is 1.62. The Kier molecular flexibility index (Phi) is 5.10. The number of halogens is 3. The summed E-state index contributed by atoms with van der Waals surface area (Å²) in [6.45, 7) is 4.64. The van der Waals surface area contributed by atoms with Crippen molar-refractivity contribution in [3.63, 3.8) is 0 Å². The van der Waals surface area contributed by atoms with Gasteiger partial charge >= 0.3 is 18.1 Å². The number of alkyl halides is 3. The van der Waals surface area contributed by atoms with Crippen LogP contribution in [0.1, 0.15) is 31.9 Å². The molecule has 0 spiro atoms. The van der Waals surface area contributed by atoms with Crippen molar-refractivity contribution in [3.8, 4) is 0 Å². The molecule has 0 fully saturated rings. The molecule has 0 bridgehead atoms. The van der Waals surface area contributed by atoms with Crippen molar-refractivity contribution >= 4 is 11.9 Å². The van der Waals surface area contributed by atoms with Gasteiger partial charge < -0.3 is 15.6 Å². The second kappa shape index (κ2) is 6.19. The molecule has 1 atom stereocenters. The number of benzene rings is 1. The molecule has 0 amide bonds. The van der Waals surface area contributed by atoms with E-state index in [4.69, 9.17) is 10.5 Å². The molecule has 8 heteroatoms. The Morgan fingerprint density at radius 2 is 1.61 bits per heavy atom. The minimum Gasteiger partial charge on any atom is -0.479 e. The highest BCUT2D eigenvalue weighted by atomic mass is 19.4. The molecule has 128 valence electrons. The summed E-state index contributed by atoms with van der Waals surface area (Å²) in [4.78, 5) is 23.4. The molecule has 0 radical (unpaired) electrons. The molecule has 0 aliphatic carbocycles. The number of aliphatic carboxylic acids is 1. The van der Waals surface area contributed by atoms with E-state index in [0.717, 1.165) is 24.3 Å². The molecule has 0 saturated carbocycles. The predicted molar refractivity (Wildman–Crippen MR) is 75.5 cm³/mol. The number of carbonyl (C=O) groups is 2. The van der Waals surface area contributed by atoms with E-state index in [-0.39, 0.29) is 5.56 Å². The molecule has 3 N–H and O–H groups in total. The van der Waals surface area contributed by atoms with Crippen LogP contribution >= 0.6 is 0 Å². The first-order valence-corrected chi connectivity index (χ1v) is 6.67. The highest BCUT2D eigenvalue weighted by Gasteiger charge is 2.45. The third-order valence-corrected chi connectivity index (χ3v) is 2.91. The van der Waals surface area contributed by atoms with Gasteiger partial charge in [-0.2, -0.15) is 13.2 Å². The highest BCUT2D eigenvalue weighted by molar-refractivity contribution is 6.04. The third-order valence-electron chi connectivity index (χ3n) is 2.91. The van der Waals surface area contributed by atoms with Crippen LogP contribution < -0.4 is 5.73 Å². The summed E-state index contributed by atoms with van der Waals surface area (Å²) in [6.07, 6.45) is -4.99. The van der Waals surface area contributed by atoms with E-state index < -0.39 is 41.2 Å². The third kappa shape index (κ3) is 4.95. The van der Waals surface area contributed by atoms with Gasteiger partial charge in [-0.3, -0.25) is 0 Å². The van der Waals surface area contributed by atoms with Crippen LogP contribution in [0.3, 0.4) is 0 Å². The number of nitrogens with two attached hydrogens (primary N) is 1. The van der Waals surface area contributed by atoms with E-state index in [9.17, 15) is 27.9 Å². The van der Waals surface area contributed by atoms with Crippen LogP contribution in [0.5, 0.6) is 0 Å². The van der Waals surface area contributed by atoms with Crippen molar-refractivity contribution in [1.82, 2.24) is 0 Å². The molecule has 5 nitrogen and oxygen atoms in total. The molecule has 0 aliphatic heterocycles. The molecule has 1 aromatic rings. The smallest absolute Gasteiger partial charge is 0.416 e. The van der Waals surface area contributed by atoms with Gasteiger partial charge in [0.2, 0.25) is 5.54 Å². The maximum atomic E-state index is 12.5. The monoisotopic (exact) mass is 333 g/mol. The topological polar surface area (TPSA) is 89.6 Å². The van der Waals surface area contributed by atoms with Crippen LogP contribution in [0.2, 0.25) is 0 Å². The summed E-state index contributed by atoms with van der Waals surface area (Å²) in [5, 5.41) is 9.24. The number of carboxylic acids is 1. The molecular formula is C15H18F3NO4. The van der Waals surface area contributed by atoms with Crippen LogP contribution in [0.15, 0.2) is 24.3 Å². The summed E-state index contributed by atoms with van der Waals surface area (Å²) in [6, 6.07) is 3.76. The first-order valence-electron chi connectivity index (χ1n) is 6.67. The second-order valence-corrected chi connectivity index (χ2v) is 6.15. The van der Waals surface area contributed by atoms with Crippen LogP contribution in [0.25, 0.3) is 0 Å². The number of carbonyl (C=O) groups excluding carboxylic acids is 1. The number of hydrogen-bond acceptors (Lipinski definition) is 4. The van der Waals surface area contributed by atoms with Gasteiger partial charge in [-0.15, -0.1) is 0 Å². The molecule has 1 rings (SSSR count). The van der Waals surface area contributed by atoms with Crippen molar-refractivity contribution in [2.75, 3.05) is 0 Å². The first kappa shape index (κ1) is 19.0. The van der Waals surface area contributed by atoms with E-state index >= 15 is 0 Å². The quantitative estimate of drug-likeness (QED) is 0.652. The Morgan fingerprint density at radius 1 is 1.13 bits per heavy atom. The van der Waals surface area contributed by atoms with Gasteiger partial charge in [0.15, 0.2) is 0 Å². The Bertz CT molecular complexity index is 590.